The van der Waals surface area contributed by atoms with E-state index in [2.05, 4.69) is 38.4 Å². The lowest BCUT2D eigenvalue weighted by molar-refractivity contribution is 0.208. The van der Waals surface area contributed by atoms with Crippen LogP contribution < -0.4 is 4.74 Å². The Balaban J connectivity index is 1.12. The zero-order valence-corrected chi connectivity index (χ0v) is 17.9. The molecule has 1 aliphatic heterocycles. The smallest absolute Gasteiger partial charge is 0.227 e. The Bertz CT molecular complexity index is 1130. The van der Waals surface area contributed by atoms with Crippen LogP contribution in [-0.2, 0) is 6.42 Å². The summed E-state index contributed by atoms with van der Waals surface area (Å²) < 4.78 is 10.9. The molecule has 6 nitrogen and oxygen atoms in total. The number of nitrogens with zero attached hydrogens (tertiary/aromatic N) is 3. The highest BCUT2D eigenvalue weighted by Crippen LogP contribution is 2.34. The number of fused-ring (bicyclic) bond motifs is 1. The van der Waals surface area contributed by atoms with Gasteiger partial charge in [0.15, 0.2) is 0 Å². The van der Waals surface area contributed by atoms with Crippen LogP contribution in [0, 0.1) is 0 Å². The number of aromatic nitrogens is 3. The molecule has 1 aliphatic rings. The fourth-order valence-corrected chi connectivity index (χ4v) is 4.57. The first-order valence-electron chi connectivity index (χ1n) is 11.1. The molecule has 1 fully saturated rings. The molecule has 4 aromatic rings. The van der Waals surface area contributed by atoms with Crippen molar-refractivity contribution in [3.63, 3.8) is 0 Å². The van der Waals surface area contributed by atoms with Crippen molar-refractivity contribution in [2.45, 2.75) is 31.6 Å². The monoisotopic (exact) mass is 416 g/mol. The molecule has 0 saturated carbocycles. The molecule has 0 bridgehead atoms. The zero-order valence-electron chi connectivity index (χ0n) is 17.9. The normalized spacial score (nSPS) is 15.5. The molecule has 31 heavy (non-hydrogen) atoms. The van der Waals surface area contributed by atoms with Crippen LogP contribution in [0.4, 0.5) is 0 Å². The molecule has 160 valence electrons. The van der Waals surface area contributed by atoms with E-state index in [0.717, 1.165) is 49.7 Å². The number of methoxy groups -OCH3 is 1. The third-order valence-corrected chi connectivity index (χ3v) is 6.31. The van der Waals surface area contributed by atoms with E-state index in [1.807, 2.05) is 36.4 Å². The average Bonchev–Trinajstić information content (AvgIpc) is 3.47. The highest BCUT2D eigenvalue weighted by Gasteiger charge is 2.23. The van der Waals surface area contributed by atoms with Gasteiger partial charge in [0.25, 0.3) is 0 Å². The van der Waals surface area contributed by atoms with E-state index in [9.17, 15) is 0 Å². The topological polar surface area (TPSA) is 67.2 Å². The van der Waals surface area contributed by atoms with Gasteiger partial charge < -0.3 is 19.1 Å². The molecule has 1 N–H and O–H groups in total. The Morgan fingerprint density at radius 3 is 2.77 bits per heavy atom. The summed E-state index contributed by atoms with van der Waals surface area (Å²) in [7, 11) is 1.72. The number of hydrogen-bond donors (Lipinski definition) is 1. The van der Waals surface area contributed by atoms with Crippen LogP contribution >= 0.6 is 0 Å². The van der Waals surface area contributed by atoms with E-state index in [0.29, 0.717) is 11.7 Å². The summed E-state index contributed by atoms with van der Waals surface area (Å²) in [6, 6.07) is 16.2. The van der Waals surface area contributed by atoms with Crippen LogP contribution in [0.2, 0.25) is 0 Å². The zero-order chi connectivity index (χ0) is 21.0. The number of rotatable bonds is 7. The van der Waals surface area contributed by atoms with Crippen LogP contribution in [0.1, 0.15) is 36.6 Å². The number of benzene rings is 2. The quantitative estimate of drug-likeness (QED) is 0.457. The molecule has 3 heterocycles. The maximum Gasteiger partial charge on any atom is 0.227 e. The van der Waals surface area contributed by atoms with Gasteiger partial charge in [-0.05, 0) is 68.6 Å². The Labute approximate surface area is 182 Å². The molecular formula is C25H28N4O2. The summed E-state index contributed by atoms with van der Waals surface area (Å²) in [5.74, 6) is 2.91. The molecule has 5 rings (SSSR count). The summed E-state index contributed by atoms with van der Waals surface area (Å²) in [5, 5.41) is 5.41. The molecule has 0 radical (unpaired) electrons. The molecule has 2 aromatic carbocycles. The third-order valence-electron chi connectivity index (χ3n) is 6.31. The second-order valence-electron chi connectivity index (χ2n) is 8.25. The molecule has 0 spiro atoms. The fraction of sp³-hybridized carbons (Fsp3) is 0.360. The van der Waals surface area contributed by atoms with Crippen LogP contribution in [-0.4, -0.2) is 46.8 Å². The molecular weight excluding hydrogens is 388 g/mol. The SMILES string of the molecule is COc1ccc2[nH]cc(C3CCN(CCCc4nc(-c5ccccc5)no4)CC3)c2c1. The number of aromatic amines is 1. The number of piperidine rings is 1. The lowest BCUT2D eigenvalue weighted by atomic mass is 9.89. The van der Waals surface area contributed by atoms with Crippen LogP contribution in [0.3, 0.4) is 0 Å². The minimum absolute atomic E-state index is 0.599. The second kappa shape index (κ2) is 8.94. The van der Waals surface area contributed by atoms with Gasteiger partial charge in [-0.1, -0.05) is 35.5 Å². The molecule has 0 amide bonds. The first kappa shape index (κ1) is 19.8. The predicted octanol–water partition coefficient (Wildman–Crippen LogP) is 5.04. The van der Waals surface area contributed by atoms with Gasteiger partial charge in [-0.3, -0.25) is 0 Å². The van der Waals surface area contributed by atoms with Gasteiger partial charge in [-0.2, -0.15) is 4.98 Å². The van der Waals surface area contributed by atoms with Crippen molar-refractivity contribution in [3.05, 3.63) is 66.2 Å². The minimum atomic E-state index is 0.599. The first-order chi connectivity index (χ1) is 15.3. The van der Waals surface area contributed by atoms with Crippen LogP contribution in [0.25, 0.3) is 22.3 Å². The molecule has 1 saturated heterocycles. The highest BCUT2D eigenvalue weighted by molar-refractivity contribution is 5.85. The van der Waals surface area contributed by atoms with Crippen molar-refractivity contribution in [2.75, 3.05) is 26.7 Å². The van der Waals surface area contributed by atoms with E-state index < -0.39 is 0 Å². The predicted molar refractivity (Wildman–Crippen MR) is 121 cm³/mol. The first-order valence-corrected chi connectivity index (χ1v) is 11.1. The molecule has 0 unspecified atom stereocenters. The summed E-state index contributed by atoms with van der Waals surface area (Å²) in [5.41, 5.74) is 3.61. The van der Waals surface area contributed by atoms with Crippen molar-refractivity contribution < 1.29 is 9.26 Å². The number of aryl methyl sites for hydroxylation is 1. The standard InChI is InChI=1S/C25H28N4O2/c1-30-20-9-10-23-21(16-20)22(17-26-23)18-11-14-29(15-12-18)13-5-8-24-27-25(28-31-24)19-6-3-2-4-7-19/h2-4,6-7,9-10,16-18,26H,5,8,11-15H2,1H3. The summed E-state index contributed by atoms with van der Waals surface area (Å²) in [4.78, 5) is 10.5. The number of likely N-dealkylation sites (tertiary alicyclic amines) is 1. The Hall–Kier alpha value is -3.12. The summed E-state index contributed by atoms with van der Waals surface area (Å²) in [6.07, 6.45) is 6.41. The van der Waals surface area contributed by atoms with Gasteiger partial charge in [0.2, 0.25) is 11.7 Å². The van der Waals surface area contributed by atoms with Gasteiger partial charge in [0.1, 0.15) is 5.75 Å². The molecule has 0 atom stereocenters. The fourth-order valence-electron chi connectivity index (χ4n) is 4.57. The lowest BCUT2D eigenvalue weighted by Crippen LogP contribution is -2.33. The Kier molecular flexibility index (Phi) is 5.71. The van der Waals surface area contributed by atoms with E-state index in [4.69, 9.17) is 9.26 Å². The van der Waals surface area contributed by atoms with Crippen molar-refractivity contribution in [1.82, 2.24) is 20.0 Å². The van der Waals surface area contributed by atoms with E-state index in [-0.39, 0.29) is 0 Å². The number of ether oxygens (including phenoxy) is 1. The summed E-state index contributed by atoms with van der Waals surface area (Å²) in [6.45, 7) is 3.32. The van der Waals surface area contributed by atoms with Gasteiger partial charge in [-0.15, -0.1) is 0 Å². The number of nitrogens with one attached hydrogen (secondary N) is 1. The van der Waals surface area contributed by atoms with Crippen LogP contribution in [0.5, 0.6) is 5.75 Å². The van der Waals surface area contributed by atoms with Gasteiger partial charge >= 0.3 is 0 Å². The lowest BCUT2D eigenvalue weighted by Gasteiger charge is -2.31. The van der Waals surface area contributed by atoms with E-state index in [1.165, 1.54) is 29.3 Å². The van der Waals surface area contributed by atoms with E-state index >= 15 is 0 Å². The maximum absolute atomic E-state index is 5.44. The summed E-state index contributed by atoms with van der Waals surface area (Å²) >= 11 is 0. The second-order valence-corrected chi connectivity index (χ2v) is 8.25. The van der Waals surface area contributed by atoms with Gasteiger partial charge in [0.05, 0.1) is 7.11 Å². The Morgan fingerprint density at radius 2 is 1.97 bits per heavy atom. The van der Waals surface area contributed by atoms with E-state index in [1.54, 1.807) is 7.11 Å². The van der Waals surface area contributed by atoms with Crippen LogP contribution in [0.15, 0.2) is 59.3 Å². The maximum atomic E-state index is 5.44. The van der Waals surface area contributed by atoms with Crippen molar-refractivity contribution >= 4 is 10.9 Å². The van der Waals surface area contributed by atoms with Gasteiger partial charge in [0, 0.05) is 29.1 Å². The van der Waals surface area contributed by atoms with Crippen molar-refractivity contribution in [3.8, 4) is 17.1 Å². The largest absolute Gasteiger partial charge is 0.497 e. The number of hydrogen-bond acceptors (Lipinski definition) is 5. The van der Waals surface area contributed by atoms with Crippen molar-refractivity contribution in [2.24, 2.45) is 0 Å². The molecule has 2 aromatic heterocycles. The van der Waals surface area contributed by atoms with Crippen molar-refractivity contribution in [1.29, 1.82) is 0 Å². The minimum Gasteiger partial charge on any atom is -0.497 e. The number of H-pyrrole nitrogens is 1. The highest BCUT2D eigenvalue weighted by atomic mass is 16.5. The molecule has 0 aliphatic carbocycles. The Morgan fingerprint density at radius 1 is 1.13 bits per heavy atom. The third kappa shape index (κ3) is 4.35. The van der Waals surface area contributed by atoms with Gasteiger partial charge in [-0.25, -0.2) is 0 Å². The average molecular weight is 417 g/mol. The molecule has 6 heteroatoms.